The normalized spacial score (nSPS) is 11.9. The fraction of sp³-hybridized carbons (Fsp3) is 0.208. The van der Waals surface area contributed by atoms with Gasteiger partial charge in [0.05, 0.1) is 46.5 Å². The van der Waals surface area contributed by atoms with Gasteiger partial charge in [0.15, 0.2) is 0 Å². The van der Waals surface area contributed by atoms with Crippen LogP contribution in [0, 0.1) is 13.8 Å². The first-order chi connectivity index (χ1) is 17.1. The molecule has 184 valence electrons. The zero-order valence-corrected chi connectivity index (χ0v) is 19.2. The van der Waals surface area contributed by atoms with Gasteiger partial charge in [0.25, 0.3) is 0 Å². The fourth-order valence-corrected chi connectivity index (χ4v) is 4.25. The molecule has 0 radical (unpaired) electrons. The van der Waals surface area contributed by atoms with Crippen LogP contribution in [0.1, 0.15) is 11.1 Å². The van der Waals surface area contributed by atoms with Gasteiger partial charge < -0.3 is 5.32 Å². The molecule has 0 fully saturated rings. The van der Waals surface area contributed by atoms with Crippen molar-refractivity contribution in [3.05, 3.63) is 70.7 Å². The lowest BCUT2D eigenvalue weighted by Gasteiger charge is -2.11. The highest BCUT2D eigenvalue weighted by molar-refractivity contribution is 5.92. The number of aromatic nitrogens is 6. The number of hydrogen-bond donors (Lipinski definition) is 2. The molecule has 0 saturated carbocycles. The van der Waals surface area contributed by atoms with E-state index in [1.54, 1.807) is 36.9 Å². The Morgan fingerprint density at radius 2 is 1.92 bits per heavy atom. The number of nitrogens with zero attached hydrogens (tertiary/aromatic N) is 5. The first kappa shape index (κ1) is 23.3. The fourth-order valence-electron chi connectivity index (χ4n) is 4.25. The second kappa shape index (κ2) is 8.63. The zero-order chi connectivity index (χ0) is 25.6. The summed E-state index contributed by atoms with van der Waals surface area (Å²) >= 11 is 0. The van der Waals surface area contributed by atoms with E-state index in [0.717, 1.165) is 32.2 Å². The Morgan fingerprint density at radius 1 is 1.11 bits per heavy atom. The molecule has 2 N–H and O–H groups in total. The Hall–Kier alpha value is -4.48. The van der Waals surface area contributed by atoms with Gasteiger partial charge in [-0.05, 0) is 37.1 Å². The number of pyridine rings is 2. The summed E-state index contributed by atoms with van der Waals surface area (Å²) in [6.07, 6.45) is 2.04. The predicted octanol–water partition coefficient (Wildman–Crippen LogP) is 3.42. The number of carbonyl (C=O) groups is 1. The Kier molecular flexibility index (Phi) is 5.58. The number of fused-ring (bicyclic) bond motifs is 2. The molecule has 5 rings (SSSR count). The van der Waals surface area contributed by atoms with Crippen LogP contribution in [0.25, 0.3) is 38.9 Å². The van der Waals surface area contributed by atoms with Crippen LogP contribution >= 0.6 is 0 Å². The number of benzene rings is 1. The topological polar surface area (TPSA) is 110 Å². The molecule has 4 heterocycles. The van der Waals surface area contributed by atoms with E-state index >= 15 is 0 Å². The van der Waals surface area contributed by atoms with E-state index in [1.165, 1.54) is 4.57 Å². The van der Waals surface area contributed by atoms with Gasteiger partial charge in [-0.3, -0.25) is 29.0 Å². The van der Waals surface area contributed by atoms with Crippen molar-refractivity contribution in [2.45, 2.75) is 26.6 Å². The lowest BCUT2D eigenvalue weighted by atomic mass is 10.1. The van der Waals surface area contributed by atoms with E-state index in [4.69, 9.17) is 0 Å². The molecule has 1 amide bonds. The van der Waals surface area contributed by atoms with E-state index in [2.05, 4.69) is 20.2 Å². The highest BCUT2D eigenvalue weighted by Crippen LogP contribution is 2.28. The van der Waals surface area contributed by atoms with Crippen LogP contribution in [-0.2, 0) is 11.3 Å². The van der Waals surface area contributed by atoms with Gasteiger partial charge in [0.1, 0.15) is 13.1 Å². The Balaban J connectivity index is 1.60. The van der Waals surface area contributed by atoms with Crippen molar-refractivity contribution in [1.29, 1.82) is 0 Å². The molecule has 36 heavy (non-hydrogen) atoms. The van der Waals surface area contributed by atoms with Crippen molar-refractivity contribution < 1.29 is 18.0 Å². The largest absolute Gasteiger partial charge is 0.405 e. The van der Waals surface area contributed by atoms with Gasteiger partial charge in [0, 0.05) is 17.1 Å². The highest BCUT2D eigenvalue weighted by atomic mass is 19.4. The van der Waals surface area contributed by atoms with Crippen molar-refractivity contribution in [1.82, 2.24) is 34.6 Å². The molecule has 0 aliphatic heterocycles. The second-order valence-corrected chi connectivity index (χ2v) is 8.41. The molecule has 5 aromatic rings. The van der Waals surface area contributed by atoms with Gasteiger partial charge in [-0.25, -0.2) is 4.79 Å². The number of hydrogen-bond acceptors (Lipinski definition) is 5. The average molecular weight is 495 g/mol. The Labute approximate surface area is 201 Å². The smallest absolute Gasteiger partial charge is 0.345 e. The van der Waals surface area contributed by atoms with Crippen molar-refractivity contribution in [2.24, 2.45) is 0 Å². The summed E-state index contributed by atoms with van der Waals surface area (Å²) < 4.78 is 40.2. The zero-order valence-electron chi connectivity index (χ0n) is 19.2. The van der Waals surface area contributed by atoms with Crippen molar-refractivity contribution in [3.8, 4) is 16.9 Å². The Bertz CT molecular complexity index is 1680. The van der Waals surface area contributed by atoms with Crippen LogP contribution in [0.3, 0.4) is 0 Å². The quantitative estimate of drug-likeness (QED) is 0.388. The maximum atomic E-state index is 13.5. The number of amides is 1. The van der Waals surface area contributed by atoms with Crippen molar-refractivity contribution in [3.63, 3.8) is 0 Å². The van der Waals surface area contributed by atoms with E-state index in [0.29, 0.717) is 22.4 Å². The number of imidazole rings is 1. The summed E-state index contributed by atoms with van der Waals surface area (Å²) in [4.78, 5) is 34.5. The van der Waals surface area contributed by atoms with Crippen LogP contribution < -0.4 is 11.0 Å². The Morgan fingerprint density at radius 3 is 2.67 bits per heavy atom. The third kappa shape index (κ3) is 4.10. The van der Waals surface area contributed by atoms with Crippen LogP contribution in [0.5, 0.6) is 0 Å². The number of alkyl halides is 3. The minimum absolute atomic E-state index is 0.429. The number of aryl methyl sites for hydroxylation is 2. The summed E-state index contributed by atoms with van der Waals surface area (Å²) in [5, 5.41) is 9.58. The number of H-pyrrole nitrogens is 1. The number of rotatable bonds is 5. The lowest BCUT2D eigenvalue weighted by Crippen LogP contribution is -2.38. The molecule has 0 atom stereocenters. The third-order valence-electron chi connectivity index (χ3n) is 5.91. The van der Waals surface area contributed by atoms with E-state index in [1.807, 2.05) is 31.3 Å². The predicted molar refractivity (Wildman–Crippen MR) is 127 cm³/mol. The number of aromatic amines is 1. The van der Waals surface area contributed by atoms with Gasteiger partial charge in [-0.2, -0.15) is 18.3 Å². The number of para-hydroxylation sites is 1. The molecule has 0 unspecified atom stereocenters. The van der Waals surface area contributed by atoms with Crippen LogP contribution in [-0.4, -0.2) is 47.9 Å². The summed E-state index contributed by atoms with van der Waals surface area (Å²) in [6.45, 7) is 1.61. The van der Waals surface area contributed by atoms with E-state index < -0.39 is 30.9 Å². The summed E-state index contributed by atoms with van der Waals surface area (Å²) in [5.74, 6) is -0.916. The lowest BCUT2D eigenvalue weighted by molar-refractivity contribution is -0.138. The van der Waals surface area contributed by atoms with Crippen molar-refractivity contribution >= 4 is 27.8 Å². The minimum atomic E-state index is -4.55. The number of carbonyl (C=O) groups excluding carboxylic acids is 1. The molecule has 0 bridgehead atoms. The first-order valence-corrected chi connectivity index (χ1v) is 10.9. The van der Waals surface area contributed by atoms with Crippen LogP contribution in [0.2, 0.25) is 0 Å². The molecule has 0 aliphatic carbocycles. The van der Waals surface area contributed by atoms with E-state index in [9.17, 15) is 22.8 Å². The molecule has 9 nitrogen and oxygen atoms in total. The van der Waals surface area contributed by atoms with Gasteiger partial charge in [0.2, 0.25) is 5.91 Å². The SMILES string of the molecule is Cc1cc(-c2cncc3[nH]ncc23)ncc1-n1c(=O)n(CC(=O)NCC(F)(F)F)c2cccc(C)c21. The number of nitrogens with one attached hydrogen (secondary N) is 2. The third-order valence-corrected chi connectivity index (χ3v) is 5.91. The van der Waals surface area contributed by atoms with Crippen LogP contribution in [0.15, 0.2) is 53.8 Å². The standard InChI is InChI=1S/C24H20F3N7O2/c1-13-4-3-5-19-22(13)34(23(36)33(19)11-21(35)30-12-24(25,26)27)20-10-29-17(6-14(20)2)15-7-28-9-18-16(15)8-31-32-18/h3-10H,11-12H2,1-2H3,(H,30,35)(H,31,32). The minimum Gasteiger partial charge on any atom is -0.345 e. The van der Waals surface area contributed by atoms with Gasteiger partial charge in [-0.1, -0.05) is 12.1 Å². The second-order valence-electron chi connectivity index (χ2n) is 8.41. The van der Waals surface area contributed by atoms with E-state index in [-0.39, 0.29) is 0 Å². The average Bonchev–Trinajstić information content (AvgIpc) is 3.41. The highest BCUT2D eigenvalue weighted by Gasteiger charge is 2.28. The summed E-state index contributed by atoms with van der Waals surface area (Å²) in [5.41, 5.74) is 4.55. The molecular weight excluding hydrogens is 475 g/mol. The molecular formula is C24H20F3N7O2. The maximum Gasteiger partial charge on any atom is 0.405 e. The number of halogens is 3. The molecule has 12 heteroatoms. The van der Waals surface area contributed by atoms with Crippen molar-refractivity contribution in [2.75, 3.05) is 6.54 Å². The summed E-state index contributed by atoms with van der Waals surface area (Å²) in [7, 11) is 0. The maximum absolute atomic E-state index is 13.5. The molecule has 0 aliphatic rings. The van der Waals surface area contributed by atoms with Crippen LogP contribution in [0.4, 0.5) is 13.2 Å². The van der Waals surface area contributed by atoms with Gasteiger partial charge in [-0.15, -0.1) is 0 Å². The summed E-state index contributed by atoms with van der Waals surface area (Å²) in [6, 6.07) is 7.01. The van der Waals surface area contributed by atoms with Gasteiger partial charge >= 0.3 is 11.9 Å². The molecule has 0 saturated heterocycles. The molecule has 0 spiro atoms. The molecule has 4 aromatic heterocycles. The molecule has 1 aromatic carbocycles. The monoisotopic (exact) mass is 495 g/mol. The first-order valence-electron chi connectivity index (χ1n) is 10.9.